The number of hydrogen-bond acceptors (Lipinski definition) is 2. The topological polar surface area (TPSA) is 32.8 Å². The van der Waals surface area contributed by atoms with Crippen LogP contribution in [-0.4, -0.2) is 22.4 Å². The molecule has 60 valence electrons. The van der Waals surface area contributed by atoms with Crippen LogP contribution in [0.15, 0.2) is 12.2 Å². The molecule has 0 amide bonds. The average Bonchev–Trinajstić information content (AvgIpc) is 2.63. The number of hydrogen-bond donors (Lipinski definition) is 1. The van der Waals surface area contributed by atoms with E-state index in [-0.39, 0.29) is 17.3 Å². The maximum atomic E-state index is 9.66. The van der Waals surface area contributed by atoms with Crippen molar-refractivity contribution in [1.82, 2.24) is 0 Å². The van der Waals surface area contributed by atoms with Gasteiger partial charge in [0.15, 0.2) is 0 Å². The minimum Gasteiger partial charge on any atom is -0.390 e. The normalized spacial score (nSPS) is 58.8. The molecule has 0 aromatic rings. The summed E-state index contributed by atoms with van der Waals surface area (Å²) < 4.78 is 5.69. The smallest absolute Gasteiger partial charge is 0.127 e. The van der Waals surface area contributed by atoms with Gasteiger partial charge in [-0.25, -0.2) is 0 Å². The van der Waals surface area contributed by atoms with Gasteiger partial charge < -0.3 is 9.84 Å². The molecule has 1 N–H and O–H groups in total. The van der Waals surface area contributed by atoms with Gasteiger partial charge in [0, 0.05) is 0 Å². The summed E-state index contributed by atoms with van der Waals surface area (Å²) >= 11 is 0. The summed E-state index contributed by atoms with van der Waals surface area (Å²) in [6.07, 6.45) is 8.05. The zero-order chi connectivity index (χ0) is 7.53. The average molecular weight is 152 g/mol. The third-order valence-electron chi connectivity index (χ3n) is 3.50. The molecule has 3 atom stereocenters. The highest BCUT2D eigenvalue weighted by molar-refractivity contribution is 5.30. The third kappa shape index (κ3) is 0.500. The van der Waals surface area contributed by atoms with Crippen LogP contribution >= 0.6 is 0 Å². The Kier molecular flexibility index (Phi) is 0.871. The largest absolute Gasteiger partial charge is 0.390 e. The zero-order valence-corrected chi connectivity index (χ0v) is 6.42. The number of rotatable bonds is 0. The molecule has 2 aliphatic carbocycles. The number of epoxide rings is 1. The highest BCUT2D eigenvalue weighted by Crippen LogP contribution is 2.65. The summed E-state index contributed by atoms with van der Waals surface area (Å²) in [5.74, 6) is 0. The predicted octanol–water partition coefficient (Wildman–Crippen LogP) is 0.999. The first kappa shape index (κ1) is 6.21. The second-order valence-corrected chi connectivity index (χ2v) is 3.92. The van der Waals surface area contributed by atoms with Crippen molar-refractivity contribution >= 4 is 0 Å². The fourth-order valence-electron chi connectivity index (χ4n) is 2.77. The fraction of sp³-hybridized carbons (Fsp3) is 0.778. The van der Waals surface area contributed by atoms with Crippen LogP contribution in [0, 0.1) is 0 Å². The zero-order valence-electron chi connectivity index (χ0n) is 6.42. The Balaban J connectivity index is 2.03. The molecule has 3 rings (SSSR count). The van der Waals surface area contributed by atoms with E-state index in [4.69, 9.17) is 4.74 Å². The van der Waals surface area contributed by atoms with Crippen molar-refractivity contribution in [3.8, 4) is 0 Å². The molecule has 2 heteroatoms. The second-order valence-electron chi connectivity index (χ2n) is 3.92. The first-order valence-electron chi connectivity index (χ1n) is 4.32. The summed E-state index contributed by atoms with van der Waals surface area (Å²) in [5, 5.41) is 9.66. The van der Waals surface area contributed by atoms with Crippen LogP contribution in [0.1, 0.15) is 25.7 Å². The van der Waals surface area contributed by atoms with Gasteiger partial charge in [-0.1, -0.05) is 12.2 Å². The van der Waals surface area contributed by atoms with Crippen molar-refractivity contribution in [3.05, 3.63) is 12.2 Å². The van der Waals surface area contributed by atoms with Crippen molar-refractivity contribution in [2.75, 3.05) is 0 Å². The van der Waals surface area contributed by atoms with Crippen LogP contribution in [0.25, 0.3) is 0 Å². The van der Waals surface area contributed by atoms with E-state index in [1.165, 1.54) is 0 Å². The van der Waals surface area contributed by atoms with E-state index in [1.807, 2.05) is 0 Å². The molecule has 1 heterocycles. The second kappa shape index (κ2) is 1.54. The SMILES string of the molecule is O[C@H]1CC[C@]23CC=CC[C@]12O3. The van der Waals surface area contributed by atoms with Crippen LogP contribution < -0.4 is 0 Å². The maximum Gasteiger partial charge on any atom is 0.127 e. The molecule has 11 heavy (non-hydrogen) atoms. The molecule has 0 aromatic heterocycles. The van der Waals surface area contributed by atoms with Crippen LogP contribution in [-0.2, 0) is 4.74 Å². The van der Waals surface area contributed by atoms with Gasteiger partial charge in [0.1, 0.15) is 11.2 Å². The van der Waals surface area contributed by atoms with E-state index in [0.29, 0.717) is 0 Å². The molecule has 0 spiro atoms. The number of ether oxygens (including phenoxy) is 1. The van der Waals surface area contributed by atoms with Gasteiger partial charge in [-0.15, -0.1) is 0 Å². The van der Waals surface area contributed by atoms with Crippen LogP contribution in [0.4, 0.5) is 0 Å². The van der Waals surface area contributed by atoms with Gasteiger partial charge in [-0.3, -0.25) is 0 Å². The van der Waals surface area contributed by atoms with E-state index >= 15 is 0 Å². The summed E-state index contributed by atoms with van der Waals surface area (Å²) in [6, 6.07) is 0. The molecule has 3 aliphatic rings. The number of aliphatic hydroxyl groups is 1. The highest BCUT2D eigenvalue weighted by atomic mass is 16.6. The maximum absolute atomic E-state index is 9.66. The predicted molar refractivity (Wildman–Crippen MR) is 40.2 cm³/mol. The monoisotopic (exact) mass is 152 g/mol. The molecule has 0 unspecified atom stereocenters. The van der Waals surface area contributed by atoms with Crippen molar-refractivity contribution in [1.29, 1.82) is 0 Å². The Morgan fingerprint density at radius 1 is 1.36 bits per heavy atom. The Labute approximate surface area is 65.9 Å². The minimum atomic E-state index is -0.201. The molecule has 1 saturated carbocycles. The molecular formula is C9H12O2. The first-order valence-corrected chi connectivity index (χ1v) is 4.32. The Morgan fingerprint density at radius 2 is 2.18 bits per heavy atom. The standard InChI is InChI=1S/C9H12O2/c10-7-3-6-8-4-1-2-5-9(7,8)11-8/h1-2,7,10H,3-6H2/t7-,8+,9-/m0/s1. The lowest BCUT2D eigenvalue weighted by atomic mass is 9.85. The van der Waals surface area contributed by atoms with E-state index in [0.717, 1.165) is 25.7 Å². The highest BCUT2D eigenvalue weighted by Gasteiger charge is 2.75. The third-order valence-corrected chi connectivity index (χ3v) is 3.50. The lowest BCUT2D eigenvalue weighted by molar-refractivity contribution is 0.0639. The van der Waals surface area contributed by atoms with Gasteiger partial charge in [0.05, 0.1) is 6.10 Å². The van der Waals surface area contributed by atoms with Crippen molar-refractivity contribution in [2.45, 2.75) is 43.0 Å². The molecule has 1 saturated heterocycles. The first-order chi connectivity index (χ1) is 5.29. The van der Waals surface area contributed by atoms with E-state index in [2.05, 4.69) is 12.2 Å². The van der Waals surface area contributed by atoms with E-state index in [9.17, 15) is 5.11 Å². The van der Waals surface area contributed by atoms with Gasteiger partial charge in [0.25, 0.3) is 0 Å². The minimum absolute atomic E-state index is 0.0706. The molecule has 0 bridgehead atoms. The van der Waals surface area contributed by atoms with Crippen LogP contribution in [0.5, 0.6) is 0 Å². The van der Waals surface area contributed by atoms with Crippen LogP contribution in [0.2, 0.25) is 0 Å². The molecule has 0 radical (unpaired) electrons. The van der Waals surface area contributed by atoms with E-state index in [1.54, 1.807) is 0 Å². The van der Waals surface area contributed by atoms with Crippen molar-refractivity contribution < 1.29 is 9.84 Å². The van der Waals surface area contributed by atoms with Gasteiger partial charge in [-0.2, -0.15) is 0 Å². The Morgan fingerprint density at radius 3 is 3.00 bits per heavy atom. The lowest BCUT2D eigenvalue weighted by Crippen LogP contribution is -2.31. The fourth-order valence-corrected chi connectivity index (χ4v) is 2.77. The van der Waals surface area contributed by atoms with Gasteiger partial charge >= 0.3 is 0 Å². The lowest BCUT2D eigenvalue weighted by Gasteiger charge is -2.15. The Hall–Kier alpha value is -0.340. The van der Waals surface area contributed by atoms with Crippen molar-refractivity contribution in [3.63, 3.8) is 0 Å². The van der Waals surface area contributed by atoms with Gasteiger partial charge in [-0.05, 0) is 25.7 Å². The quantitative estimate of drug-likeness (QED) is 0.415. The molecule has 0 aromatic carbocycles. The van der Waals surface area contributed by atoms with Gasteiger partial charge in [0.2, 0.25) is 0 Å². The summed E-state index contributed by atoms with van der Waals surface area (Å²) in [6.45, 7) is 0. The Bertz CT molecular complexity index is 236. The number of aliphatic hydroxyl groups excluding tert-OH is 1. The van der Waals surface area contributed by atoms with Crippen molar-refractivity contribution in [2.24, 2.45) is 0 Å². The molecular weight excluding hydrogens is 140 g/mol. The summed E-state index contributed by atoms with van der Waals surface area (Å²) in [7, 11) is 0. The summed E-state index contributed by atoms with van der Waals surface area (Å²) in [5.41, 5.74) is -0.0666. The summed E-state index contributed by atoms with van der Waals surface area (Å²) in [4.78, 5) is 0. The van der Waals surface area contributed by atoms with E-state index < -0.39 is 0 Å². The molecule has 2 nitrogen and oxygen atoms in total. The molecule has 2 fully saturated rings. The molecule has 1 aliphatic heterocycles. The van der Waals surface area contributed by atoms with Crippen LogP contribution in [0.3, 0.4) is 0 Å².